The smallest absolute Gasteiger partial charge is 0.257 e. The molecule has 0 fully saturated rings. The van der Waals surface area contributed by atoms with E-state index in [1.807, 2.05) is 31.2 Å². The molecule has 140 valence electrons. The number of aromatic nitrogens is 1. The summed E-state index contributed by atoms with van der Waals surface area (Å²) < 4.78 is 22.4. The summed E-state index contributed by atoms with van der Waals surface area (Å²) >= 11 is 0. The van der Waals surface area contributed by atoms with Crippen LogP contribution in [0.1, 0.15) is 12.5 Å². The summed E-state index contributed by atoms with van der Waals surface area (Å²) in [6, 6.07) is 16.6. The van der Waals surface area contributed by atoms with Gasteiger partial charge < -0.3 is 24.7 Å². The number of ether oxygens (including phenoxy) is 4. The molecule has 0 atom stereocenters. The van der Waals surface area contributed by atoms with Crippen LogP contribution in [-0.4, -0.2) is 18.7 Å². The molecule has 1 heterocycles. The predicted molar refractivity (Wildman–Crippen MR) is 104 cm³/mol. The van der Waals surface area contributed by atoms with Crippen molar-refractivity contribution in [1.29, 1.82) is 0 Å². The fraction of sp³-hybridized carbons (Fsp3) is 0.190. The summed E-state index contributed by atoms with van der Waals surface area (Å²) in [4.78, 5) is 4.34. The van der Waals surface area contributed by atoms with Gasteiger partial charge in [0, 0.05) is 11.8 Å². The Morgan fingerprint density at radius 2 is 1.59 bits per heavy atom. The van der Waals surface area contributed by atoms with E-state index in [9.17, 15) is 0 Å². The van der Waals surface area contributed by atoms with Gasteiger partial charge >= 0.3 is 0 Å². The minimum absolute atomic E-state index is 0.370. The zero-order valence-electron chi connectivity index (χ0n) is 15.3. The van der Waals surface area contributed by atoms with Crippen molar-refractivity contribution >= 4 is 5.69 Å². The minimum Gasteiger partial charge on any atom is -0.497 e. The molecule has 0 amide bonds. The van der Waals surface area contributed by atoms with Crippen molar-refractivity contribution in [3.05, 3.63) is 66.4 Å². The normalized spacial score (nSPS) is 10.3. The van der Waals surface area contributed by atoms with Gasteiger partial charge in [0.05, 0.1) is 19.9 Å². The number of pyridine rings is 1. The van der Waals surface area contributed by atoms with Crippen LogP contribution in [-0.2, 0) is 6.61 Å². The van der Waals surface area contributed by atoms with Gasteiger partial charge in [-0.2, -0.15) is 0 Å². The Morgan fingerprint density at radius 1 is 0.889 bits per heavy atom. The molecule has 0 unspecified atom stereocenters. The van der Waals surface area contributed by atoms with E-state index < -0.39 is 0 Å². The number of nitrogen functional groups attached to an aromatic ring is 1. The largest absolute Gasteiger partial charge is 0.497 e. The highest BCUT2D eigenvalue weighted by molar-refractivity contribution is 5.45. The van der Waals surface area contributed by atoms with Gasteiger partial charge in [0.15, 0.2) is 5.75 Å². The Hall–Kier alpha value is -3.41. The number of hydrogen-bond acceptors (Lipinski definition) is 6. The summed E-state index contributed by atoms with van der Waals surface area (Å²) in [5.41, 5.74) is 7.37. The fourth-order valence-corrected chi connectivity index (χ4v) is 2.38. The highest BCUT2D eigenvalue weighted by Gasteiger charge is 2.10. The third kappa shape index (κ3) is 5.04. The lowest BCUT2D eigenvalue weighted by molar-refractivity contribution is 0.257. The zero-order chi connectivity index (χ0) is 19.1. The standard InChI is InChI=1S/C21H22N2O4/c1-3-25-20-12-19(27-18-10-6-16(22)7-11-18)13-23-21(20)26-14-15-4-8-17(24-2)9-5-15/h4-13H,3,14,22H2,1-2H3. The van der Waals surface area contributed by atoms with E-state index in [2.05, 4.69) is 4.98 Å². The molecule has 2 aromatic carbocycles. The van der Waals surface area contributed by atoms with Gasteiger partial charge in [-0.05, 0) is 48.9 Å². The summed E-state index contributed by atoms with van der Waals surface area (Å²) in [6.45, 7) is 2.77. The summed E-state index contributed by atoms with van der Waals surface area (Å²) in [5.74, 6) is 2.97. The van der Waals surface area contributed by atoms with Crippen molar-refractivity contribution in [2.45, 2.75) is 13.5 Å². The number of nitrogens with zero attached hydrogens (tertiary/aromatic N) is 1. The number of benzene rings is 2. The molecule has 0 spiro atoms. The molecule has 0 saturated heterocycles. The number of anilines is 1. The summed E-state index contributed by atoms with van der Waals surface area (Å²) in [5, 5.41) is 0. The van der Waals surface area contributed by atoms with E-state index in [0.29, 0.717) is 42.0 Å². The molecule has 0 aliphatic rings. The van der Waals surface area contributed by atoms with E-state index in [0.717, 1.165) is 11.3 Å². The Morgan fingerprint density at radius 3 is 2.26 bits per heavy atom. The first-order chi connectivity index (χ1) is 13.2. The fourth-order valence-electron chi connectivity index (χ4n) is 2.38. The first-order valence-electron chi connectivity index (χ1n) is 8.60. The van der Waals surface area contributed by atoms with Gasteiger partial charge in [0.2, 0.25) is 0 Å². The summed E-state index contributed by atoms with van der Waals surface area (Å²) in [6.07, 6.45) is 1.60. The minimum atomic E-state index is 0.370. The molecular formula is C21H22N2O4. The molecule has 0 saturated carbocycles. The second-order valence-corrected chi connectivity index (χ2v) is 5.72. The maximum Gasteiger partial charge on any atom is 0.257 e. The SMILES string of the molecule is CCOc1cc(Oc2ccc(N)cc2)cnc1OCc1ccc(OC)cc1. The van der Waals surface area contributed by atoms with E-state index in [1.165, 1.54) is 0 Å². The molecule has 0 aliphatic carbocycles. The maximum absolute atomic E-state index is 5.82. The first kappa shape index (κ1) is 18.4. The molecule has 3 rings (SSSR count). The molecule has 0 radical (unpaired) electrons. The molecule has 27 heavy (non-hydrogen) atoms. The van der Waals surface area contributed by atoms with Crippen molar-refractivity contribution in [3.8, 4) is 28.9 Å². The van der Waals surface area contributed by atoms with Crippen molar-refractivity contribution in [2.24, 2.45) is 0 Å². The molecule has 0 aliphatic heterocycles. The molecule has 6 nitrogen and oxygen atoms in total. The van der Waals surface area contributed by atoms with Gasteiger partial charge in [0.25, 0.3) is 5.88 Å². The van der Waals surface area contributed by atoms with Gasteiger partial charge in [-0.3, -0.25) is 0 Å². The molecule has 0 bridgehead atoms. The van der Waals surface area contributed by atoms with Crippen LogP contribution < -0.4 is 24.7 Å². The average Bonchev–Trinajstić information content (AvgIpc) is 2.70. The Labute approximate surface area is 158 Å². The van der Waals surface area contributed by atoms with Crippen molar-refractivity contribution in [1.82, 2.24) is 4.98 Å². The first-order valence-corrected chi connectivity index (χ1v) is 8.60. The third-order valence-electron chi connectivity index (χ3n) is 3.74. The number of methoxy groups -OCH3 is 1. The topological polar surface area (TPSA) is 75.8 Å². The Kier molecular flexibility index (Phi) is 5.99. The quantitative estimate of drug-likeness (QED) is 0.594. The predicted octanol–water partition coefficient (Wildman–Crippen LogP) is 4.44. The molecule has 1 aromatic heterocycles. The number of nitrogens with two attached hydrogens (primary N) is 1. The van der Waals surface area contributed by atoms with Gasteiger partial charge in [-0.25, -0.2) is 4.98 Å². The van der Waals surface area contributed by atoms with Gasteiger partial charge in [-0.1, -0.05) is 12.1 Å². The Balaban J connectivity index is 1.71. The second-order valence-electron chi connectivity index (χ2n) is 5.72. The lowest BCUT2D eigenvalue weighted by Gasteiger charge is -2.13. The molecule has 3 aromatic rings. The van der Waals surface area contributed by atoms with E-state index in [-0.39, 0.29) is 0 Å². The van der Waals surface area contributed by atoms with Crippen molar-refractivity contribution < 1.29 is 18.9 Å². The third-order valence-corrected chi connectivity index (χ3v) is 3.74. The number of rotatable bonds is 8. The molecule has 2 N–H and O–H groups in total. The lowest BCUT2D eigenvalue weighted by Crippen LogP contribution is -2.02. The maximum atomic E-state index is 5.82. The Bertz CT molecular complexity index is 864. The lowest BCUT2D eigenvalue weighted by atomic mass is 10.2. The van der Waals surface area contributed by atoms with Crippen LogP contribution in [0, 0.1) is 0 Å². The van der Waals surface area contributed by atoms with Crippen molar-refractivity contribution in [2.75, 3.05) is 19.5 Å². The van der Waals surface area contributed by atoms with Gasteiger partial charge in [-0.15, -0.1) is 0 Å². The molecular weight excluding hydrogens is 344 g/mol. The van der Waals surface area contributed by atoms with E-state index >= 15 is 0 Å². The second kappa shape index (κ2) is 8.80. The summed E-state index contributed by atoms with van der Waals surface area (Å²) in [7, 11) is 1.64. The highest BCUT2D eigenvalue weighted by Crippen LogP contribution is 2.32. The highest BCUT2D eigenvalue weighted by atomic mass is 16.5. The van der Waals surface area contributed by atoms with Crippen LogP contribution in [0.3, 0.4) is 0 Å². The average molecular weight is 366 g/mol. The van der Waals surface area contributed by atoms with Crippen LogP contribution in [0.4, 0.5) is 5.69 Å². The van der Waals surface area contributed by atoms with Crippen molar-refractivity contribution in [3.63, 3.8) is 0 Å². The van der Waals surface area contributed by atoms with Gasteiger partial charge in [0.1, 0.15) is 23.9 Å². The van der Waals surface area contributed by atoms with Crippen LogP contribution in [0.15, 0.2) is 60.8 Å². The van der Waals surface area contributed by atoms with Crippen LogP contribution in [0.5, 0.6) is 28.9 Å². The van der Waals surface area contributed by atoms with Crippen LogP contribution in [0.25, 0.3) is 0 Å². The van der Waals surface area contributed by atoms with Crippen LogP contribution >= 0.6 is 0 Å². The van der Waals surface area contributed by atoms with E-state index in [4.69, 9.17) is 24.7 Å². The number of hydrogen-bond donors (Lipinski definition) is 1. The molecule has 6 heteroatoms. The van der Waals surface area contributed by atoms with E-state index in [1.54, 1.807) is 43.6 Å². The zero-order valence-corrected chi connectivity index (χ0v) is 15.3. The monoisotopic (exact) mass is 366 g/mol. The van der Waals surface area contributed by atoms with Crippen LogP contribution in [0.2, 0.25) is 0 Å².